The highest BCUT2D eigenvalue weighted by atomic mass is 16.3. The summed E-state index contributed by atoms with van der Waals surface area (Å²) in [5, 5.41) is 17.5. The maximum atomic E-state index is 9.82. The fourth-order valence-electron chi connectivity index (χ4n) is 2.43. The molecular weight excluding hydrogens is 190 g/mol. The van der Waals surface area contributed by atoms with Gasteiger partial charge in [0, 0.05) is 18.8 Å². The average molecular weight is 209 g/mol. The van der Waals surface area contributed by atoms with Crippen LogP contribution in [0.25, 0.3) is 0 Å². The molecule has 1 aromatic heterocycles. The molecule has 4 nitrogen and oxygen atoms in total. The Morgan fingerprint density at radius 2 is 2.20 bits per heavy atom. The zero-order valence-electron chi connectivity index (χ0n) is 9.62. The second kappa shape index (κ2) is 3.94. The van der Waals surface area contributed by atoms with Gasteiger partial charge < -0.3 is 10.4 Å². The Kier molecular flexibility index (Phi) is 2.80. The SMILES string of the molecule is CCc1c(C)nn(C2CNCC2O)c1C. The first kappa shape index (κ1) is 10.6. The summed E-state index contributed by atoms with van der Waals surface area (Å²) in [4.78, 5) is 0. The van der Waals surface area contributed by atoms with Crippen LogP contribution < -0.4 is 5.32 Å². The lowest BCUT2D eigenvalue weighted by molar-refractivity contribution is 0.143. The van der Waals surface area contributed by atoms with Crippen LogP contribution in [0.5, 0.6) is 0 Å². The van der Waals surface area contributed by atoms with E-state index in [0.717, 1.165) is 18.7 Å². The van der Waals surface area contributed by atoms with Crippen molar-refractivity contribution in [2.75, 3.05) is 13.1 Å². The summed E-state index contributed by atoms with van der Waals surface area (Å²) in [6, 6.07) is 0.101. The topological polar surface area (TPSA) is 50.1 Å². The van der Waals surface area contributed by atoms with Crippen LogP contribution in [0.3, 0.4) is 0 Å². The molecule has 1 aliphatic heterocycles. The molecule has 2 unspecified atom stereocenters. The lowest BCUT2D eigenvalue weighted by Gasteiger charge is -2.16. The Balaban J connectivity index is 2.36. The number of β-amino-alcohol motifs (C(OH)–C–C–N with tert-alkyl or cyclic N) is 1. The van der Waals surface area contributed by atoms with Crippen molar-refractivity contribution in [3.05, 3.63) is 17.0 Å². The highest BCUT2D eigenvalue weighted by molar-refractivity contribution is 5.25. The molecule has 2 N–H and O–H groups in total. The second-order valence-corrected chi connectivity index (χ2v) is 4.24. The minimum Gasteiger partial charge on any atom is -0.390 e. The molecule has 1 fully saturated rings. The lowest BCUT2D eigenvalue weighted by atomic mass is 10.1. The van der Waals surface area contributed by atoms with Gasteiger partial charge in [-0.15, -0.1) is 0 Å². The number of aliphatic hydroxyl groups excluding tert-OH is 1. The van der Waals surface area contributed by atoms with Gasteiger partial charge in [-0.25, -0.2) is 0 Å². The molecular formula is C11H19N3O. The number of aromatic nitrogens is 2. The minimum absolute atomic E-state index is 0.101. The Morgan fingerprint density at radius 3 is 2.67 bits per heavy atom. The van der Waals surface area contributed by atoms with E-state index in [4.69, 9.17) is 0 Å². The van der Waals surface area contributed by atoms with Gasteiger partial charge in [0.05, 0.1) is 17.8 Å². The van der Waals surface area contributed by atoms with E-state index in [1.165, 1.54) is 11.3 Å². The van der Waals surface area contributed by atoms with Crippen molar-refractivity contribution < 1.29 is 5.11 Å². The monoisotopic (exact) mass is 209 g/mol. The van der Waals surface area contributed by atoms with E-state index in [1.54, 1.807) is 0 Å². The van der Waals surface area contributed by atoms with Crippen molar-refractivity contribution in [2.24, 2.45) is 0 Å². The molecule has 15 heavy (non-hydrogen) atoms. The van der Waals surface area contributed by atoms with Crippen molar-refractivity contribution >= 4 is 0 Å². The molecule has 4 heteroatoms. The van der Waals surface area contributed by atoms with Gasteiger partial charge in [0.1, 0.15) is 0 Å². The third-order valence-electron chi connectivity index (χ3n) is 3.29. The summed E-state index contributed by atoms with van der Waals surface area (Å²) in [6.45, 7) is 7.75. The summed E-state index contributed by atoms with van der Waals surface area (Å²) >= 11 is 0. The first-order valence-electron chi connectivity index (χ1n) is 5.58. The van der Waals surface area contributed by atoms with E-state index in [0.29, 0.717) is 6.54 Å². The van der Waals surface area contributed by atoms with Crippen LogP contribution in [-0.2, 0) is 6.42 Å². The standard InChI is InChI=1S/C11H19N3O/c1-4-9-7(2)13-14(8(9)3)10-5-12-6-11(10)15/h10-12,15H,4-6H2,1-3H3. The number of aryl methyl sites for hydroxylation is 1. The van der Waals surface area contributed by atoms with E-state index in [-0.39, 0.29) is 12.1 Å². The average Bonchev–Trinajstić information content (AvgIpc) is 2.71. The Labute approximate surface area is 90.3 Å². The van der Waals surface area contributed by atoms with Crippen molar-refractivity contribution in [3.8, 4) is 0 Å². The summed E-state index contributed by atoms with van der Waals surface area (Å²) in [5.74, 6) is 0. The van der Waals surface area contributed by atoms with Gasteiger partial charge >= 0.3 is 0 Å². The van der Waals surface area contributed by atoms with Crippen LogP contribution in [0.1, 0.15) is 29.9 Å². The van der Waals surface area contributed by atoms with Gasteiger partial charge in [-0.2, -0.15) is 5.10 Å². The fraction of sp³-hybridized carbons (Fsp3) is 0.727. The molecule has 1 aromatic rings. The Bertz CT molecular complexity index is 359. The zero-order chi connectivity index (χ0) is 11.0. The number of nitrogens with one attached hydrogen (secondary N) is 1. The molecule has 0 aliphatic carbocycles. The molecule has 0 saturated carbocycles. The summed E-state index contributed by atoms with van der Waals surface area (Å²) in [6.07, 6.45) is 0.696. The van der Waals surface area contributed by atoms with Crippen LogP contribution in [0.2, 0.25) is 0 Å². The molecule has 0 radical (unpaired) electrons. The number of hydrogen-bond acceptors (Lipinski definition) is 3. The van der Waals surface area contributed by atoms with Crippen molar-refractivity contribution in [1.82, 2.24) is 15.1 Å². The summed E-state index contributed by atoms with van der Waals surface area (Å²) in [7, 11) is 0. The number of nitrogens with zero attached hydrogens (tertiary/aromatic N) is 2. The molecule has 0 bridgehead atoms. The Morgan fingerprint density at radius 1 is 1.47 bits per heavy atom. The summed E-state index contributed by atoms with van der Waals surface area (Å²) < 4.78 is 1.98. The highest BCUT2D eigenvalue weighted by Gasteiger charge is 2.29. The number of rotatable bonds is 2. The zero-order valence-corrected chi connectivity index (χ0v) is 9.62. The predicted octanol–water partition coefficient (Wildman–Crippen LogP) is 0.568. The van der Waals surface area contributed by atoms with E-state index in [2.05, 4.69) is 24.3 Å². The maximum Gasteiger partial charge on any atom is 0.0917 e. The molecule has 0 spiro atoms. The third kappa shape index (κ3) is 1.68. The number of hydrogen-bond donors (Lipinski definition) is 2. The molecule has 2 rings (SSSR count). The number of aliphatic hydroxyl groups is 1. The lowest BCUT2D eigenvalue weighted by Crippen LogP contribution is -2.24. The first-order valence-corrected chi connectivity index (χ1v) is 5.58. The fourth-order valence-corrected chi connectivity index (χ4v) is 2.43. The van der Waals surface area contributed by atoms with Crippen molar-refractivity contribution in [3.63, 3.8) is 0 Å². The van der Waals surface area contributed by atoms with Gasteiger partial charge in [0.15, 0.2) is 0 Å². The molecule has 0 amide bonds. The normalized spacial score (nSPS) is 26.1. The maximum absolute atomic E-state index is 9.82. The van der Waals surface area contributed by atoms with E-state index >= 15 is 0 Å². The third-order valence-corrected chi connectivity index (χ3v) is 3.29. The summed E-state index contributed by atoms with van der Waals surface area (Å²) in [5.41, 5.74) is 3.60. The highest BCUT2D eigenvalue weighted by Crippen LogP contribution is 2.22. The van der Waals surface area contributed by atoms with E-state index in [1.807, 2.05) is 11.6 Å². The van der Waals surface area contributed by atoms with E-state index < -0.39 is 0 Å². The van der Waals surface area contributed by atoms with Gasteiger partial charge in [-0.3, -0.25) is 4.68 Å². The molecule has 1 aliphatic rings. The molecule has 1 saturated heterocycles. The molecule has 0 aromatic carbocycles. The molecule has 2 atom stereocenters. The van der Waals surface area contributed by atoms with Crippen molar-refractivity contribution in [1.29, 1.82) is 0 Å². The quantitative estimate of drug-likeness (QED) is 0.748. The van der Waals surface area contributed by atoms with Crippen LogP contribution in [-0.4, -0.2) is 34.1 Å². The van der Waals surface area contributed by atoms with Crippen LogP contribution in [0, 0.1) is 13.8 Å². The second-order valence-electron chi connectivity index (χ2n) is 4.24. The molecule has 84 valence electrons. The minimum atomic E-state index is -0.312. The molecule has 2 heterocycles. The Hall–Kier alpha value is -0.870. The first-order chi connectivity index (χ1) is 7.15. The smallest absolute Gasteiger partial charge is 0.0917 e. The van der Waals surface area contributed by atoms with Crippen molar-refractivity contribution in [2.45, 2.75) is 39.3 Å². The van der Waals surface area contributed by atoms with Crippen LogP contribution in [0.4, 0.5) is 0 Å². The van der Waals surface area contributed by atoms with Gasteiger partial charge in [-0.1, -0.05) is 6.92 Å². The largest absolute Gasteiger partial charge is 0.390 e. The van der Waals surface area contributed by atoms with Gasteiger partial charge in [0.25, 0.3) is 0 Å². The van der Waals surface area contributed by atoms with E-state index in [9.17, 15) is 5.11 Å². The predicted molar refractivity (Wildman–Crippen MR) is 59.0 cm³/mol. The van der Waals surface area contributed by atoms with Gasteiger partial charge in [-0.05, 0) is 25.8 Å². The van der Waals surface area contributed by atoms with Crippen LogP contribution in [0.15, 0.2) is 0 Å². The van der Waals surface area contributed by atoms with Crippen LogP contribution >= 0.6 is 0 Å². The van der Waals surface area contributed by atoms with Gasteiger partial charge in [0.2, 0.25) is 0 Å².